The molecule has 0 aromatic heterocycles. The molecule has 2 N–H and O–H groups in total. The Morgan fingerprint density at radius 3 is 2.75 bits per heavy atom. The van der Waals surface area contributed by atoms with Crippen LogP contribution < -0.4 is 10.5 Å². The van der Waals surface area contributed by atoms with Gasteiger partial charge in [0, 0.05) is 18.5 Å². The third-order valence-corrected chi connectivity index (χ3v) is 3.02. The van der Waals surface area contributed by atoms with Crippen LogP contribution in [0.2, 0.25) is 0 Å². The zero-order valence-electron chi connectivity index (χ0n) is 12.5. The Balaban J connectivity index is 2.20. The third kappa shape index (κ3) is 6.06. The van der Waals surface area contributed by atoms with Crippen molar-refractivity contribution in [2.24, 2.45) is 5.73 Å². The molecule has 0 amide bonds. The zero-order valence-corrected chi connectivity index (χ0v) is 12.5. The molecular weight excluding hydrogens is 254 g/mol. The number of benzene rings is 1. The largest absolute Gasteiger partial charge is 0.493 e. The Labute approximate surface area is 121 Å². The van der Waals surface area contributed by atoms with Gasteiger partial charge < -0.3 is 15.2 Å². The first-order valence-electron chi connectivity index (χ1n) is 7.25. The van der Waals surface area contributed by atoms with Crippen LogP contribution in [0.15, 0.2) is 18.2 Å². The lowest BCUT2D eigenvalue weighted by Gasteiger charge is -2.11. The fourth-order valence-electron chi connectivity index (χ4n) is 1.97. The molecule has 0 unspecified atom stereocenters. The van der Waals surface area contributed by atoms with Crippen molar-refractivity contribution >= 4 is 5.97 Å². The number of carbonyl (C=O) groups is 1. The lowest BCUT2D eigenvalue weighted by Crippen LogP contribution is -2.05. The topological polar surface area (TPSA) is 61.5 Å². The molecule has 0 fully saturated rings. The molecule has 0 spiro atoms. The summed E-state index contributed by atoms with van der Waals surface area (Å²) in [6.07, 6.45) is 3.23. The van der Waals surface area contributed by atoms with E-state index in [1.165, 1.54) is 5.56 Å². The monoisotopic (exact) mass is 279 g/mol. The van der Waals surface area contributed by atoms with Crippen LogP contribution in [0.3, 0.4) is 0 Å². The van der Waals surface area contributed by atoms with Gasteiger partial charge in [0.05, 0.1) is 13.2 Å². The van der Waals surface area contributed by atoms with Crippen LogP contribution in [0.25, 0.3) is 0 Å². The average molecular weight is 279 g/mol. The number of rotatable bonds is 9. The number of unbranched alkanes of at least 4 members (excludes halogenated alkanes) is 2. The van der Waals surface area contributed by atoms with E-state index in [9.17, 15) is 4.79 Å². The van der Waals surface area contributed by atoms with Gasteiger partial charge in [-0.15, -0.1) is 0 Å². The van der Waals surface area contributed by atoms with Gasteiger partial charge in [-0.05, 0) is 39.2 Å². The van der Waals surface area contributed by atoms with Crippen LogP contribution in [0.4, 0.5) is 0 Å². The Bertz CT molecular complexity index is 418. The second-order valence-corrected chi connectivity index (χ2v) is 4.78. The molecule has 0 heterocycles. The van der Waals surface area contributed by atoms with Crippen LogP contribution in [0, 0.1) is 6.92 Å². The van der Waals surface area contributed by atoms with Crippen molar-refractivity contribution < 1.29 is 14.3 Å². The Kier molecular flexibility index (Phi) is 7.73. The Morgan fingerprint density at radius 1 is 1.25 bits per heavy atom. The van der Waals surface area contributed by atoms with Crippen molar-refractivity contribution in [3.8, 4) is 5.75 Å². The summed E-state index contributed by atoms with van der Waals surface area (Å²) in [4.78, 5) is 11.1. The molecule has 0 aliphatic heterocycles. The van der Waals surface area contributed by atoms with E-state index in [1.807, 2.05) is 26.0 Å². The van der Waals surface area contributed by atoms with Crippen LogP contribution in [0.1, 0.15) is 43.7 Å². The molecule has 0 saturated heterocycles. The van der Waals surface area contributed by atoms with E-state index >= 15 is 0 Å². The standard InChI is InChI=1S/C16H25NO3/c1-3-19-16(18)7-5-4-6-10-20-15-9-8-13(2)11-14(15)12-17/h8-9,11H,3-7,10,12,17H2,1-2H3. The van der Waals surface area contributed by atoms with E-state index in [0.29, 0.717) is 26.2 Å². The number of carbonyl (C=O) groups excluding carboxylic acids is 1. The summed E-state index contributed by atoms with van der Waals surface area (Å²) in [6, 6.07) is 6.04. The number of hydrogen-bond donors (Lipinski definition) is 1. The van der Waals surface area contributed by atoms with Crippen molar-refractivity contribution in [1.29, 1.82) is 0 Å². The number of hydrogen-bond acceptors (Lipinski definition) is 4. The highest BCUT2D eigenvalue weighted by molar-refractivity contribution is 5.69. The molecular formula is C16H25NO3. The van der Waals surface area contributed by atoms with E-state index in [1.54, 1.807) is 0 Å². The minimum Gasteiger partial charge on any atom is -0.493 e. The second-order valence-electron chi connectivity index (χ2n) is 4.78. The smallest absolute Gasteiger partial charge is 0.305 e. The normalized spacial score (nSPS) is 10.3. The Morgan fingerprint density at radius 2 is 2.05 bits per heavy atom. The molecule has 20 heavy (non-hydrogen) atoms. The third-order valence-electron chi connectivity index (χ3n) is 3.02. The van der Waals surface area contributed by atoms with E-state index in [-0.39, 0.29) is 5.97 Å². The van der Waals surface area contributed by atoms with Gasteiger partial charge in [-0.1, -0.05) is 17.7 Å². The molecule has 112 valence electrons. The molecule has 0 aliphatic rings. The predicted octanol–water partition coefficient (Wildman–Crippen LogP) is 2.96. The van der Waals surface area contributed by atoms with Crippen LogP contribution >= 0.6 is 0 Å². The maximum atomic E-state index is 11.1. The summed E-state index contributed by atoms with van der Waals surface area (Å²) >= 11 is 0. The molecule has 1 aromatic carbocycles. The maximum absolute atomic E-state index is 11.1. The van der Waals surface area contributed by atoms with Crippen molar-refractivity contribution in [3.05, 3.63) is 29.3 Å². The zero-order chi connectivity index (χ0) is 14.8. The number of esters is 1. The summed E-state index contributed by atoms with van der Waals surface area (Å²) in [6.45, 7) is 5.46. The molecule has 1 rings (SSSR count). The molecule has 4 heteroatoms. The summed E-state index contributed by atoms with van der Waals surface area (Å²) in [7, 11) is 0. The number of aryl methyl sites for hydroxylation is 1. The SMILES string of the molecule is CCOC(=O)CCCCCOc1ccc(C)cc1CN. The van der Waals surface area contributed by atoms with Crippen LogP contribution in [-0.2, 0) is 16.1 Å². The molecule has 0 aliphatic carbocycles. The molecule has 0 bridgehead atoms. The maximum Gasteiger partial charge on any atom is 0.305 e. The van der Waals surface area contributed by atoms with Crippen molar-refractivity contribution in [1.82, 2.24) is 0 Å². The van der Waals surface area contributed by atoms with E-state index in [4.69, 9.17) is 15.2 Å². The molecule has 0 atom stereocenters. The summed E-state index contributed by atoms with van der Waals surface area (Å²) in [5.41, 5.74) is 7.93. The van der Waals surface area contributed by atoms with Gasteiger partial charge in [0.25, 0.3) is 0 Å². The highest BCUT2D eigenvalue weighted by Gasteiger charge is 2.03. The summed E-state index contributed by atoms with van der Waals surface area (Å²) < 4.78 is 10.6. The van der Waals surface area contributed by atoms with Crippen LogP contribution in [-0.4, -0.2) is 19.2 Å². The minimum absolute atomic E-state index is 0.114. The fraction of sp³-hybridized carbons (Fsp3) is 0.562. The van der Waals surface area contributed by atoms with Gasteiger partial charge in [-0.25, -0.2) is 0 Å². The summed E-state index contributed by atoms with van der Waals surface area (Å²) in [5.74, 6) is 0.751. The quantitative estimate of drug-likeness (QED) is 0.557. The van der Waals surface area contributed by atoms with Gasteiger partial charge in [-0.2, -0.15) is 0 Å². The first-order valence-corrected chi connectivity index (χ1v) is 7.25. The second kappa shape index (κ2) is 9.37. The number of ether oxygens (including phenoxy) is 2. The predicted molar refractivity (Wildman–Crippen MR) is 79.7 cm³/mol. The lowest BCUT2D eigenvalue weighted by atomic mass is 10.1. The van der Waals surface area contributed by atoms with Crippen molar-refractivity contribution in [2.45, 2.75) is 46.1 Å². The highest BCUT2D eigenvalue weighted by Crippen LogP contribution is 2.19. The van der Waals surface area contributed by atoms with Crippen LogP contribution in [0.5, 0.6) is 5.75 Å². The molecule has 0 saturated carbocycles. The van der Waals surface area contributed by atoms with Gasteiger partial charge >= 0.3 is 5.97 Å². The van der Waals surface area contributed by atoms with E-state index in [2.05, 4.69) is 6.07 Å². The first-order chi connectivity index (χ1) is 9.67. The van der Waals surface area contributed by atoms with Gasteiger partial charge in [0.15, 0.2) is 0 Å². The van der Waals surface area contributed by atoms with E-state index < -0.39 is 0 Å². The molecule has 1 aromatic rings. The number of nitrogens with two attached hydrogens (primary N) is 1. The molecule has 0 radical (unpaired) electrons. The molecule has 4 nitrogen and oxygen atoms in total. The van der Waals surface area contributed by atoms with Gasteiger partial charge in [0.2, 0.25) is 0 Å². The van der Waals surface area contributed by atoms with E-state index in [0.717, 1.165) is 30.6 Å². The van der Waals surface area contributed by atoms with Gasteiger partial charge in [-0.3, -0.25) is 4.79 Å². The fourth-order valence-corrected chi connectivity index (χ4v) is 1.97. The average Bonchev–Trinajstić information content (AvgIpc) is 2.44. The highest BCUT2D eigenvalue weighted by atomic mass is 16.5. The van der Waals surface area contributed by atoms with Crippen molar-refractivity contribution in [2.75, 3.05) is 13.2 Å². The van der Waals surface area contributed by atoms with Crippen molar-refractivity contribution in [3.63, 3.8) is 0 Å². The minimum atomic E-state index is -0.114. The first kappa shape index (κ1) is 16.5. The van der Waals surface area contributed by atoms with Gasteiger partial charge in [0.1, 0.15) is 5.75 Å². The summed E-state index contributed by atoms with van der Waals surface area (Å²) in [5, 5.41) is 0. The lowest BCUT2D eigenvalue weighted by molar-refractivity contribution is -0.143. The Hall–Kier alpha value is -1.55.